The van der Waals surface area contributed by atoms with Crippen LogP contribution >= 0.6 is 0 Å². The Kier molecular flexibility index (Phi) is 7.24. The lowest BCUT2D eigenvalue weighted by molar-refractivity contribution is -0.141. The molecule has 0 fully saturated rings. The zero-order chi connectivity index (χ0) is 19.6. The first-order valence-corrected chi connectivity index (χ1v) is 8.13. The van der Waals surface area contributed by atoms with Gasteiger partial charge in [-0.3, -0.25) is 25.2 Å². The highest BCUT2D eigenvalue weighted by Crippen LogP contribution is 2.27. The number of methoxy groups -OCH3 is 2. The third kappa shape index (κ3) is 6.07. The fraction of sp³-hybridized carbons (Fsp3) is 0.278. The zero-order valence-corrected chi connectivity index (χ0v) is 15.0. The van der Waals surface area contributed by atoms with Crippen LogP contribution in [-0.4, -0.2) is 31.9 Å². The topological polar surface area (TPSA) is 119 Å². The quantitative estimate of drug-likeness (QED) is 0.484. The Morgan fingerprint density at radius 1 is 1.00 bits per heavy atom. The van der Waals surface area contributed by atoms with Crippen molar-refractivity contribution in [3.05, 3.63) is 47.9 Å². The van der Waals surface area contributed by atoms with Gasteiger partial charge in [-0.15, -0.1) is 0 Å². The van der Waals surface area contributed by atoms with Crippen molar-refractivity contribution in [2.75, 3.05) is 14.2 Å². The average molecular weight is 375 g/mol. The lowest BCUT2D eigenvalue weighted by atomic mass is 10.1. The molecule has 0 radical (unpaired) electrons. The second kappa shape index (κ2) is 9.85. The molecule has 9 heteroatoms. The first-order chi connectivity index (χ1) is 13.0. The maximum absolute atomic E-state index is 11.8. The summed E-state index contributed by atoms with van der Waals surface area (Å²) >= 11 is 0. The molecule has 0 bridgehead atoms. The number of hydrogen-bond acceptors (Lipinski definition) is 6. The van der Waals surface area contributed by atoms with Gasteiger partial charge in [0.05, 0.1) is 27.0 Å². The van der Waals surface area contributed by atoms with Crippen molar-refractivity contribution in [1.82, 2.24) is 16.2 Å². The molecule has 0 aliphatic rings. The number of carbonyl (C=O) groups is 3. The van der Waals surface area contributed by atoms with Crippen LogP contribution in [0.4, 0.5) is 0 Å². The van der Waals surface area contributed by atoms with Crippen LogP contribution in [0.15, 0.2) is 41.0 Å². The molecule has 0 aliphatic heterocycles. The molecular weight excluding hydrogens is 354 g/mol. The molecule has 3 amide bonds. The molecule has 1 aromatic heterocycles. The van der Waals surface area contributed by atoms with Crippen LogP contribution in [0.3, 0.4) is 0 Å². The van der Waals surface area contributed by atoms with Gasteiger partial charge in [0, 0.05) is 6.42 Å². The second-order valence-corrected chi connectivity index (χ2v) is 5.45. The smallest absolute Gasteiger partial charge is 0.327 e. The molecule has 0 atom stereocenters. The predicted octanol–water partition coefficient (Wildman–Crippen LogP) is 0.693. The van der Waals surface area contributed by atoms with E-state index in [1.54, 1.807) is 31.4 Å². The van der Waals surface area contributed by atoms with Gasteiger partial charge in [0.1, 0.15) is 5.76 Å². The molecule has 0 spiro atoms. The second-order valence-electron chi connectivity index (χ2n) is 5.45. The summed E-state index contributed by atoms with van der Waals surface area (Å²) in [6.07, 6.45) is 2.00. The van der Waals surface area contributed by atoms with Crippen molar-refractivity contribution in [1.29, 1.82) is 0 Å². The maximum atomic E-state index is 11.8. The van der Waals surface area contributed by atoms with Gasteiger partial charge in [-0.25, -0.2) is 0 Å². The molecule has 3 N–H and O–H groups in total. The van der Waals surface area contributed by atoms with Gasteiger partial charge in [0.25, 0.3) is 0 Å². The van der Waals surface area contributed by atoms with E-state index in [9.17, 15) is 14.4 Å². The lowest BCUT2D eigenvalue weighted by Gasteiger charge is -2.10. The number of ether oxygens (including phenoxy) is 2. The largest absolute Gasteiger partial charge is 0.493 e. The molecule has 0 unspecified atom stereocenters. The molecule has 0 aliphatic carbocycles. The van der Waals surface area contributed by atoms with Gasteiger partial charge >= 0.3 is 11.8 Å². The number of rotatable bonds is 7. The van der Waals surface area contributed by atoms with Crippen molar-refractivity contribution < 1.29 is 28.3 Å². The highest BCUT2D eigenvalue weighted by atomic mass is 16.5. The molecule has 1 aromatic carbocycles. The molecule has 0 saturated heterocycles. The number of furan rings is 1. The average Bonchev–Trinajstić information content (AvgIpc) is 3.21. The van der Waals surface area contributed by atoms with Crippen LogP contribution in [0.2, 0.25) is 0 Å². The van der Waals surface area contributed by atoms with E-state index in [1.165, 1.54) is 13.4 Å². The fourth-order valence-electron chi connectivity index (χ4n) is 2.20. The van der Waals surface area contributed by atoms with Crippen molar-refractivity contribution in [2.45, 2.75) is 19.4 Å². The van der Waals surface area contributed by atoms with Crippen LogP contribution in [0.5, 0.6) is 11.5 Å². The van der Waals surface area contributed by atoms with Gasteiger partial charge in [-0.05, 0) is 36.2 Å². The van der Waals surface area contributed by atoms with E-state index < -0.39 is 17.7 Å². The summed E-state index contributed by atoms with van der Waals surface area (Å²) in [5, 5.41) is 2.37. The highest BCUT2D eigenvalue weighted by Gasteiger charge is 2.14. The Morgan fingerprint density at radius 2 is 1.78 bits per heavy atom. The van der Waals surface area contributed by atoms with Crippen molar-refractivity contribution >= 4 is 17.7 Å². The van der Waals surface area contributed by atoms with Gasteiger partial charge in [-0.2, -0.15) is 0 Å². The minimum absolute atomic E-state index is 0.0759. The maximum Gasteiger partial charge on any atom is 0.327 e. The molecule has 9 nitrogen and oxygen atoms in total. The SMILES string of the molecule is COc1ccc(CCC(=O)NNC(=O)C(=O)NCc2ccco2)cc1OC. The van der Waals surface area contributed by atoms with Crippen molar-refractivity contribution in [3.8, 4) is 11.5 Å². The Hall–Kier alpha value is -3.49. The molecule has 2 rings (SSSR count). The van der Waals surface area contributed by atoms with Gasteiger partial charge in [-0.1, -0.05) is 6.07 Å². The van der Waals surface area contributed by atoms with Crippen molar-refractivity contribution in [3.63, 3.8) is 0 Å². The first kappa shape index (κ1) is 19.8. The van der Waals surface area contributed by atoms with Crippen molar-refractivity contribution in [2.24, 2.45) is 0 Å². The van der Waals surface area contributed by atoms with Crippen LogP contribution in [0, 0.1) is 0 Å². The minimum Gasteiger partial charge on any atom is -0.493 e. The fourth-order valence-corrected chi connectivity index (χ4v) is 2.20. The standard InChI is InChI=1S/C18H21N3O6/c1-25-14-7-5-12(10-15(14)26-2)6-8-16(22)20-21-18(24)17(23)19-11-13-4-3-9-27-13/h3-5,7,9-10H,6,8,11H2,1-2H3,(H,19,23)(H,20,22)(H,21,24). The number of hydrogen-bond donors (Lipinski definition) is 3. The minimum atomic E-state index is -0.971. The predicted molar refractivity (Wildman–Crippen MR) is 94.7 cm³/mol. The summed E-state index contributed by atoms with van der Waals surface area (Å²) in [7, 11) is 3.07. The summed E-state index contributed by atoms with van der Waals surface area (Å²) in [6, 6.07) is 8.66. The Labute approximate surface area is 156 Å². The summed E-state index contributed by atoms with van der Waals surface area (Å²) < 4.78 is 15.4. The summed E-state index contributed by atoms with van der Waals surface area (Å²) in [4.78, 5) is 35.1. The van der Waals surface area contributed by atoms with E-state index in [4.69, 9.17) is 13.9 Å². The van der Waals surface area contributed by atoms with Crippen LogP contribution in [-0.2, 0) is 27.3 Å². The van der Waals surface area contributed by atoms with Crippen LogP contribution < -0.4 is 25.6 Å². The van der Waals surface area contributed by atoms with Crippen LogP contribution in [0.1, 0.15) is 17.7 Å². The Bertz CT molecular complexity index is 788. The van der Waals surface area contributed by atoms with Gasteiger partial charge in [0.2, 0.25) is 5.91 Å². The normalized spacial score (nSPS) is 10.0. The molecule has 2 aromatic rings. The molecule has 1 heterocycles. The van der Waals surface area contributed by atoms with E-state index in [1.807, 2.05) is 6.07 Å². The monoisotopic (exact) mass is 375 g/mol. The number of hydrazine groups is 1. The number of carbonyl (C=O) groups excluding carboxylic acids is 3. The van der Waals surface area contributed by atoms with Gasteiger partial charge in [0.15, 0.2) is 11.5 Å². The Morgan fingerprint density at radius 3 is 2.44 bits per heavy atom. The van der Waals surface area contributed by atoms with E-state index in [2.05, 4.69) is 16.2 Å². The van der Waals surface area contributed by atoms with E-state index in [0.29, 0.717) is 23.7 Å². The first-order valence-electron chi connectivity index (χ1n) is 8.13. The summed E-state index contributed by atoms with van der Waals surface area (Å²) in [6.45, 7) is 0.0759. The van der Waals surface area contributed by atoms with Gasteiger partial charge < -0.3 is 19.2 Å². The molecule has 144 valence electrons. The zero-order valence-electron chi connectivity index (χ0n) is 15.0. The number of amides is 3. The highest BCUT2D eigenvalue weighted by molar-refractivity contribution is 6.35. The number of benzene rings is 1. The molecule has 0 saturated carbocycles. The number of nitrogens with one attached hydrogen (secondary N) is 3. The lowest BCUT2D eigenvalue weighted by Crippen LogP contribution is -2.48. The van der Waals surface area contributed by atoms with Crippen LogP contribution in [0.25, 0.3) is 0 Å². The molecule has 27 heavy (non-hydrogen) atoms. The Balaban J connectivity index is 1.72. The summed E-state index contributed by atoms with van der Waals surface area (Å²) in [5.74, 6) is -0.616. The third-order valence-corrected chi connectivity index (χ3v) is 3.61. The van der Waals surface area contributed by atoms with E-state index >= 15 is 0 Å². The number of aryl methyl sites for hydroxylation is 1. The summed E-state index contributed by atoms with van der Waals surface area (Å²) in [5.41, 5.74) is 5.13. The van der Waals surface area contributed by atoms with E-state index in [-0.39, 0.29) is 13.0 Å². The van der Waals surface area contributed by atoms with E-state index in [0.717, 1.165) is 5.56 Å². The molecular formula is C18H21N3O6. The third-order valence-electron chi connectivity index (χ3n) is 3.61.